The van der Waals surface area contributed by atoms with Crippen LogP contribution < -0.4 is 16.6 Å². The Labute approximate surface area is 153 Å². The van der Waals surface area contributed by atoms with Crippen molar-refractivity contribution in [3.05, 3.63) is 62.0 Å². The predicted octanol–water partition coefficient (Wildman–Crippen LogP) is 0.446. The number of aryl methyl sites for hydroxylation is 2. The summed E-state index contributed by atoms with van der Waals surface area (Å²) in [6, 6.07) is 7.33. The van der Waals surface area contributed by atoms with E-state index in [0.717, 1.165) is 10.1 Å². The van der Waals surface area contributed by atoms with Crippen molar-refractivity contribution in [2.24, 2.45) is 14.1 Å². The first-order valence-corrected chi connectivity index (χ1v) is 8.38. The number of nitrogens with zero attached hydrogens (tertiary/aromatic N) is 4. The quantitative estimate of drug-likeness (QED) is 0.700. The average molecular weight is 376 g/mol. The predicted molar refractivity (Wildman–Crippen MR) is 98.4 cm³/mol. The van der Waals surface area contributed by atoms with E-state index in [1.54, 1.807) is 19.2 Å². The zero-order valence-corrected chi connectivity index (χ0v) is 15.2. The van der Waals surface area contributed by atoms with E-state index in [2.05, 4.69) is 10.3 Å². The summed E-state index contributed by atoms with van der Waals surface area (Å²) < 4.78 is 3.71. The minimum absolute atomic E-state index is 0.279. The van der Waals surface area contributed by atoms with Gasteiger partial charge in [0, 0.05) is 25.7 Å². The van der Waals surface area contributed by atoms with Gasteiger partial charge in [0.15, 0.2) is 11.2 Å². The number of carbonyl (C=O) groups is 1. The van der Waals surface area contributed by atoms with E-state index >= 15 is 0 Å². The maximum atomic E-state index is 12.5. The Balaban J connectivity index is 1.73. The third kappa shape index (κ3) is 3.41. The molecule has 0 unspecified atom stereocenters. The average Bonchev–Trinajstić information content (AvgIpc) is 3.00. The van der Waals surface area contributed by atoms with Gasteiger partial charge in [-0.05, 0) is 24.1 Å². The van der Waals surface area contributed by atoms with Crippen molar-refractivity contribution in [1.82, 2.24) is 24.0 Å². The van der Waals surface area contributed by atoms with Gasteiger partial charge in [-0.3, -0.25) is 14.2 Å². The van der Waals surface area contributed by atoms with Gasteiger partial charge in [0.2, 0.25) is 5.91 Å². The maximum Gasteiger partial charge on any atom is 0.332 e. The monoisotopic (exact) mass is 375 g/mol. The van der Waals surface area contributed by atoms with E-state index in [-0.39, 0.29) is 12.1 Å². The Hall–Kier alpha value is -2.87. The molecule has 0 bridgehead atoms. The fraction of sp³-hybridized carbons (Fsp3) is 0.294. The van der Waals surface area contributed by atoms with Crippen molar-refractivity contribution in [2.75, 3.05) is 6.54 Å². The largest absolute Gasteiger partial charge is 0.354 e. The van der Waals surface area contributed by atoms with Gasteiger partial charge in [0.05, 0.1) is 6.33 Å². The summed E-state index contributed by atoms with van der Waals surface area (Å²) in [5, 5.41) is 3.37. The Morgan fingerprint density at radius 2 is 1.88 bits per heavy atom. The number of rotatable bonds is 5. The van der Waals surface area contributed by atoms with Crippen molar-refractivity contribution in [1.29, 1.82) is 0 Å². The van der Waals surface area contributed by atoms with Crippen LogP contribution in [0.1, 0.15) is 5.56 Å². The molecule has 1 aromatic carbocycles. The van der Waals surface area contributed by atoms with E-state index in [1.807, 2.05) is 12.1 Å². The number of aromatic nitrogens is 4. The van der Waals surface area contributed by atoms with E-state index < -0.39 is 17.2 Å². The van der Waals surface area contributed by atoms with Crippen molar-refractivity contribution in [3.8, 4) is 0 Å². The number of fused-ring (bicyclic) bond motifs is 1. The summed E-state index contributed by atoms with van der Waals surface area (Å²) >= 11 is 5.83. The fourth-order valence-corrected chi connectivity index (χ4v) is 2.86. The van der Waals surface area contributed by atoms with Crippen LogP contribution in [-0.4, -0.2) is 31.1 Å². The lowest BCUT2D eigenvalue weighted by Gasteiger charge is -2.09. The number of amides is 1. The molecule has 8 nitrogen and oxygen atoms in total. The molecule has 0 aliphatic rings. The normalized spacial score (nSPS) is 11.0. The summed E-state index contributed by atoms with van der Waals surface area (Å²) in [5.74, 6) is -0.403. The van der Waals surface area contributed by atoms with Gasteiger partial charge in [-0.2, -0.15) is 0 Å². The van der Waals surface area contributed by atoms with E-state index in [1.165, 1.54) is 22.5 Å². The lowest BCUT2D eigenvalue weighted by molar-refractivity contribution is -0.121. The molecule has 26 heavy (non-hydrogen) atoms. The van der Waals surface area contributed by atoms with Crippen molar-refractivity contribution in [3.63, 3.8) is 0 Å². The Kier molecular flexibility index (Phi) is 4.94. The Morgan fingerprint density at radius 3 is 2.58 bits per heavy atom. The second-order valence-electron chi connectivity index (χ2n) is 5.99. The van der Waals surface area contributed by atoms with Crippen LogP contribution in [0.25, 0.3) is 11.2 Å². The van der Waals surface area contributed by atoms with Crippen LogP contribution in [0.2, 0.25) is 5.02 Å². The van der Waals surface area contributed by atoms with Crippen LogP contribution >= 0.6 is 11.6 Å². The highest BCUT2D eigenvalue weighted by Crippen LogP contribution is 2.09. The zero-order chi connectivity index (χ0) is 18.8. The number of halogens is 1. The standard InChI is InChI=1S/C17H18ClN5O3/c1-21-10-20-15-14(21)16(25)23(17(26)22(15)2)9-13(24)19-8-7-11-3-5-12(18)6-4-11/h3-6,10H,7-9H2,1-2H3,(H,19,24). The van der Waals surface area contributed by atoms with Gasteiger partial charge in [0.25, 0.3) is 5.56 Å². The first-order valence-electron chi connectivity index (χ1n) is 8.00. The van der Waals surface area contributed by atoms with Crippen LogP contribution in [0.5, 0.6) is 0 Å². The van der Waals surface area contributed by atoms with Crippen LogP contribution in [-0.2, 0) is 31.9 Å². The van der Waals surface area contributed by atoms with Crippen LogP contribution in [0, 0.1) is 0 Å². The van der Waals surface area contributed by atoms with Crippen molar-refractivity contribution < 1.29 is 4.79 Å². The molecule has 1 amide bonds. The van der Waals surface area contributed by atoms with Gasteiger partial charge in [-0.25, -0.2) is 14.3 Å². The molecule has 0 spiro atoms. The highest BCUT2D eigenvalue weighted by molar-refractivity contribution is 6.30. The van der Waals surface area contributed by atoms with Gasteiger partial charge in [-0.15, -0.1) is 0 Å². The number of benzene rings is 1. The molecule has 3 aromatic rings. The molecule has 0 saturated carbocycles. The topological polar surface area (TPSA) is 90.9 Å². The van der Waals surface area contributed by atoms with Crippen LogP contribution in [0.15, 0.2) is 40.2 Å². The Morgan fingerprint density at radius 1 is 1.19 bits per heavy atom. The van der Waals surface area contributed by atoms with Gasteiger partial charge in [0.1, 0.15) is 6.54 Å². The second-order valence-corrected chi connectivity index (χ2v) is 6.42. The van der Waals surface area contributed by atoms with Gasteiger partial charge in [-0.1, -0.05) is 23.7 Å². The molecule has 0 radical (unpaired) electrons. The fourth-order valence-electron chi connectivity index (χ4n) is 2.73. The number of imidazole rings is 1. The molecule has 0 saturated heterocycles. The van der Waals surface area contributed by atoms with E-state index in [9.17, 15) is 14.4 Å². The van der Waals surface area contributed by atoms with Crippen molar-refractivity contribution in [2.45, 2.75) is 13.0 Å². The lowest BCUT2D eigenvalue weighted by Crippen LogP contribution is -2.43. The molecule has 136 valence electrons. The van der Waals surface area contributed by atoms with Crippen LogP contribution in [0.3, 0.4) is 0 Å². The van der Waals surface area contributed by atoms with Crippen LogP contribution in [0.4, 0.5) is 0 Å². The minimum Gasteiger partial charge on any atom is -0.354 e. The molecule has 0 aliphatic heterocycles. The number of hydrogen-bond acceptors (Lipinski definition) is 4. The molecule has 0 fully saturated rings. The summed E-state index contributed by atoms with van der Waals surface area (Å²) in [6.45, 7) is 0.0523. The molecular formula is C17H18ClN5O3. The molecule has 1 N–H and O–H groups in total. The number of carbonyl (C=O) groups excluding carboxylic acids is 1. The second kappa shape index (κ2) is 7.17. The van der Waals surface area contributed by atoms with E-state index in [4.69, 9.17) is 11.6 Å². The molecular weight excluding hydrogens is 358 g/mol. The first kappa shape index (κ1) is 17.9. The Bertz CT molecular complexity index is 1080. The van der Waals surface area contributed by atoms with Gasteiger partial charge >= 0.3 is 5.69 Å². The minimum atomic E-state index is -0.575. The summed E-state index contributed by atoms with van der Waals surface area (Å²) in [6.07, 6.45) is 2.08. The molecule has 9 heteroatoms. The van der Waals surface area contributed by atoms with Crippen molar-refractivity contribution >= 4 is 28.7 Å². The highest BCUT2D eigenvalue weighted by Gasteiger charge is 2.16. The molecule has 2 aromatic heterocycles. The molecule has 2 heterocycles. The third-order valence-corrected chi connectivity index (χ3v) is 4.40. The summed E-state index contributed by atoms with van der Waals surface area (Å²) in [4.78, 5) is 41.1. The smallest absolute Gasteiger partial charge is 0.332 e. The highest BCUT2D eigenvalue weighted by atomic mass is 35.5. The lowest BCUT2D eigenvalue weighted by atomic mass is 10.1. The third-order valence-electron chi connectivity index (χ3n) is 4.15. The maximum absolute atomic E-state index is 12.5. The summed E-state index contributed by atoms with van der Waals surface area (Å²) in [5.41, 5.74) is 0.493. The molecule has 3 rings (SSSR count). The van der Waals surface area contributed by atoms with Gasteiger partial charge < -0.3 is 9.88 Å². The first-order chi connectivity index (χ1) is 12.4. The van der Waals surface area contributed by atoms with E-state index in [0.29, 0.717) is 23.6 Å². The zero-order valence-electron chi connectivity index (χ0n) is 14.4. The number of nitrogens with one attached hydrogen (secondary N) is 1. The molecule has 0 aliphatic carbocycles. The molecule has 0 atom stereocenters. The summed E-state index contributed by atoms with van der Waals surface area (Å²) in [7, 11) is 3.18. The SMILES string of the molecule is Cn1cnc2c1c(=O)n(CC(=O)NCCc1ccc(Cl)cc1)c(=O)n2C. The number of hydrogen-bond donors (Lipinski definition) is 1.